The highest BCUT2D eigenvalue weighted by molar-refractivity contribution is 6.08. The summed E-state index contributed by atoms with van der Waals surface area (Å²) >= 11 is 0. The molecular weight excluding hydrogens is 206 g/mol. The molecule has 0 amide bonds. The van der Waals surface area contributed by atoms with Gasteiger partial charge in [0.2, 0.25) is 5.78 Å². The average Bonchev–Trinajstić information content (AvgIpc) is 2.28. The molecule has 0 unspecified atom stereocenters. The topological polar surface area (TPSA) is 70.4 Å². The second-order valence-electron chi connectivity index (χ2n) is 3.28. The van der Waals surface area contributed by atoms with Gasteiger partial charge < -0.3 is 10.2 Å². The Balaban J connectivity index is 2.42. The van der Waals surface area contributed by atoms with Crippen molar-refractivity contribution in [3.8, 4) is 11.5 Å². The van der Waals surface area contributed by atoms with Gasteiger partial charge in [0.15, 0.2) is 0 Å². The number of hydrogen-bond donors (Lipinski definition) is 2. The van der Waals surface area contributed by atoms with Crippen LogP contribution in [-0.4, -0.2) is 21.0 Å². The minimum Gasteiger partial charge on any atom is -0.508 e. The molecule has 2 rings (SSSR count). The van der Waals surface area contributed by atoms with Gasteiger partial charge in [0.1, 0.15) is 17.2 Å². The van der Waals surface area contributed by atoms with Gasteiger partial charge in [-0.05, 0) is 24.3 Å². The third-order valence-corrected chi connectivity index (χ3v) is 2.06. The molecule has 0 aliphatic carbocycles. The van der Waals surface area contributed by atoms with Crippen LogP contribution in [0.2, 0.25) is 0 Å². The Morgan fingerprint density at radius 3 is 2.31 bits per heavy atom. The van der Waals surface area contributed by atoms with E-state index >= 15 is 0 Å². The third kappa shape index (κ3) is 2.00. The van der Waals surface area contributed by atoms with Gasteiger partial charge in [-0.15, -0.1) is 0 Å². The summed E-state index contributed by atoms with van der Waals surface area (Å²) in [7, 11) is 0. The van der Waals surface area contributed by atoms with Gasteiger partial charge in [-0.1, -0.05) is 6.07 Å². The summed E-state index contributed by atoms with van der Waals surface area (Å²) in [5.74, 6) is -0.648. The first-order valence-electron chi connectivity index (χ1n) is 4.65. The molecule has 16 heavy (non-hydrogen) atoms. The number of benzene rings is 1. The Morgan fingerprint density at radius 1 is 1.06 bits per heavy atom. The van der Waals surface area contributed by atoms with Gasteiger partial charge in [-0.3, -0.25) is 9.78 Å². The summed E-state index contributed by atoms with van der Waals surface area (Å²) in [6.45, 7) is 0. The second-order valence-corrected chi connectivity index (χ2v) is 3.28. The highest BCUT2D eigenvalue weighted by atomic mass is 16.3. The molecule has 4 heteroatoms. The first-order valence-corrected chi connectivity index (χ1v) is 4.65. The van der Waals surface area contributed by atoms with Gasteiger partial charge in [-0.25, -0.2) is 0 Å². The Labute approximate surface area is 91.8 Å². The smallest absolute Gasteiger partial charge is 0.211 e. The van der Waals surface area contributed by atoms with Crippen LogP contribution in [0.5, 0.6) is 11.5 Å². The van der Waals surface area contributed by atoms with Crippen molar-refractivity contribution in [1.29, 1.82) is 0 Å². The van der Waals surface area contributed by atoms with Gasteiger partial charge in [-0.2, -0.15) is 0 Å². The highest BCUT2D eigenvalue weighted by Crippen LogP contribution is 2.21. The van der Waals surface area contributed by atoms with E-state index in [0.717, 1.165) is 6.07 Å². The van der Waals surface area contributed by atoms with Crippen molar-refractivity contribution in [3.63, 3.8) is 0 Å². The number of pyridine rings is 1. The van der Waals surface area contributed by atoms with Crippen molar-refractivity contribution in [2.75, 3.05) is 0 Å². The van der Waals surface area contributed by atoms with E-state index in [0.29, 0.717) is 0 Å². The number of carbonyl (C=O) groups excluding carboxylic acids is 1. The fourth-order valence-corrected chi connectivity index (χ4v) is 1.37. The molecule has 2 aromatic rings. The maximum atomic E-state index is 11.9. The highest BCUT2D eigenvalue weighted by Gasteiger charge is 2.11. The number of aromatic hydroxyl groups is 2. The molecule has 4 nitrogen and oxygen atoms in total. The third-order valence-electron chi connectivity index (χ3n) is 2.06. The van der Waals surface area contributed by atoms with E-state index in [-0.39, 0.29) is 28.5 Å². The summed E-state index contributed by atoms with van der Waals surface area (Å²) in [5, 5.41) is 18.5. The zero-order valence-corrected chi connectivity index (χ0v) is 8.29. The van der Waals surface area contributed by atoms with Crippen LogP contribution >= 0.6 is 0 Å². The summed E-state index contributed by atoms with van der Waals surface area (Å²) in [4.78, 5) is 15.8. The second kappa shape index (κ2) is 4.02. The van der Waals surface area contributed by atoms with E-state index in [1.165, 1.54) is 18.3 Å². The molecule has 0 atom stereocenters. The van der Waals surface area contributed by atoms with Crippen LogP contribution < -0.4 is 0 Å². The lowest BCUT2D eigenvalue weighted by molar-refractivity contribution is 0.103. The minimum atomic E-state index is -0.341. The van der Waals surface area contributed by atoms with Crippen molar-refractivity contribution in [2.45, 2.75) is 0 Å². The first-order chi connectivity index (χ1) is 7.66. The standard InChI is InChI=1S/C12H9NO3/c14-9-5-8(6-10(15)7-9)12(16)11-3-1-2-4-13-11/h1-7,14-15H. The lowest BCUT2D eigenvalue weighted by Gasteiger charge is -2.02. The maximum absolute atomic E-state index is 11.9. The van der Waals surface area contributed by atoms with E-state index in [4.69, 9.17) is 0 Å². The van der Waals surface area contributed by atoms with Crippen LogP contribution in [0.15, 0.2) is 42.6 Å². The molecule has 2 N–H and O–H groups in total. The number of ketones is 1. The van der Waals surface area contributed by atoms with Gasteiger partial charge in [0.25, 0.3) is 0 Å². The van der Waals surface area contributed by atoms with E-state index in [1.54, 1.807) is 18.2 Å². The largest absolute Gasteiger partial charge is 0.508 e. The average molecular weight is 215 g/mol. The molecule has 1 heterocycles. The maximum Gasteiger partial charge on any atom is 0.211 e. The van der Waals surface area contributed by atoms with Gasteiger partial charge in [0, 0.05) is 17.8 Å². The fraction of sp³-hybridized carbons (Fsp3) is 0. The molecule has 0 aliphatic rings. The Bertz CT molecular complexity index is 503. The van der Waals surface area contributed by atoms with Crippen LogP contribution in [0.4, 0.5) is 0 Å². The van der Waals surface area contributed by atoms with E-state index in [2.05, 4.69) is 4.98 Å². The van der Waals surface area contributed by atoms with Crippen LogP contribution in [-0.2, 0) is 0 Å². The Hall–Kier alpha value is -2.36. The molecule has 0 fully saturated rings. The quantitative estimate of drug-likeness (QED) is 0.748. The number of hydrogen-bond acceptors (Lipinski definition) is 4. The van der Waals surface area contributed by atoms with Gasteiger partial charge >= 0.3 is 0 Å². The minimum absolute atomic E-state index is 0.153. The Kier molecular flexibility index (Phi) is 2.55. The summed E-state index contributed by atoms with van der Waals surface area (Å²) in [5.41, 5.74) is 0.476. The van der Waals surface area contributed by atoms with E-state index in [9.17, 15) is 15.0 Å². The number of phenols is 2. The molecular formula is C12H9NO3. The lowest BCUT2D eigenvalue weighted by atomic mass is 10.1. The first kappa shape index (κ1) is 10.2. The van der Waals surface area contributed by atoms with E-state index < -0.39 is 0 Å². The predicted octanol–water partition coefficient (Wildman–Crippen LogP) is 1.72. The molecule has 80 valence electrons. The van der Waals surface area contributed by atoms with Crippen LogP contribution in [0.3, 0.4) is 0 Å². The Morgan fingerprint density at radius 2 is 1.75 bits per heavy atom. The summed E-state index contributed by atoms with van der Waals surface area (Å²) in [6.07, 6.45) is 1.51. The van der Waals surface area contributed by atoms with Crippen molar-refractivity contribution in [1.82, 2.24) is 4.98 Å². The van der Waals surface area contributed by atoms with Crippen molar-refractivity contribution >= 4 is 5.78 Å². The number of aromatic nitrogens is 1. The van der Waals surface area contributed by atoms with Crippen molar-refractivity contribution in [3.05, 3.63) is 53.9 Å². The number of carbonyl (C=O) groups is 1. The molecule has 1 aromatic carbocycles. The predicted molar refractivity (Wildman–Crippen MR) is 57.4 cm³/mol. The summed E-state index contributed by atoms with van der Waals surface area (Å²) < 4.78 is 0. The molecule has 0 aliphatic heterocycles. The molecule has 0 bridgehead atoms. The number of rotatable bonds is 2. The molecule has 1 aromatic heterocycles. The fourth-order valence-electron chi connectivity index (χ4n) is 1.37. The van der Waals surface area contributed by atoms with Crippen LogP contribution in [0.1, 0.15) is 16.1 Å². The van der Waals surface area contributed by atoms with Crippen LogP contribution in [0.25, 0.3) is 0 Å². The van der Waals surface area contributed by atoms with Crippen LogP contribution in [0, 0.1) is 0 Å². The molecule has 0 spiro atoms. The normalized spacial score (nSPS) is 10.0. The molecule has 0 saturated heterocycles. The zero-order valence-electron chi connectivity index (χ0n) is 8.29. The van der Waals surface area contributed by atoms with Gasteiger partial charge in [0.05, 0.1) is 0 Å². The number of phenolic OH excluding ortho intramolecular Hbond substituents is 2. The van der Waals surface area contributed by atoms with Crippen molar-refractivity contribution < 1.29 is 15.0 Å². The molecule has 0 saturated carbocycles. The number of nitrogens with zero attached hydrogens (tertiary/aromatic N) is 1. The molecule has 0 radical (unpaired) electrons. The van der Waals surface area contributed by atoms with E-state index in [1.807, 2.05) is 0 Å². The zero-order chi connectivity index (χ0) is 11.5. The van der Waals surface area contributed by atoms with Crippen molar-refractivity contribution in [2.24, 2.45) is 0 Å². The lowest BCUT2D eigenvalue weighted by Crippen LogP contribution is -2.03. The SMILES string of the molecule is O=C(c1cc(O)cc(O)c1)c1ccccn1. The monoisotopic (exact) mass is 215 g/mol. The summed E-state index contributed by atoms with van der Waals surface area (Å²) in [6, 6.07) is 8.71.